The van der Waals surface area contributed by atoms with Crippen molar-refractivity contribution in [3.63, 3.8) is 0 Å². The van der Waals surface area contributed by atoms with Gasteiger partial charge >= 0.3 is 11.9 Å². The first-order valence-corrected chi connectivity index (χ1v) is 5.93. The molecule has 0 spiro atoms. The molecule has 0 amide bonds. The number of thioether (sulfide) groups is 1. The van der Waals surface area contributed by atoms with Gasteiger partial charge in [-0.1, -0.05) is 0 Å². The van der Waals surface area contributed by atoms with Crippen LogP contribution in [-0.2, 0) is 9.59 Å². The van der Waals surface area contributed by atoms with E-state index in [1.807, 2.05) is 6.26 Å². The molecule has 88 valence electrons. The summed E-state index contributed by atoms with van der Waals surface area (Å²) in [5.41, 5.74) is -1.22. The summed E-state index contributed by atoms with van der Waals surface area (Å²) >= 11 is 1.53. The number of carboxylic acids is 2. The lowest BCUT2D eigenvalue weighted by Crippen LogP contribution is -2.54. The van der Waals surface area contributed by atoms with Gasteiger partial charge in [-0.05, 0) is 32.3 Å². The average Bonchev–Trinajstić information content (AvgIpc) is 2.11. The Morgan fingerprint density at radius 2 is 1.93 bits per heavy atom. The molecule has 0 aliphatic carbocycles. The van der Waals surface area contributed by atoms with Crippen molar-refractivity contribution in [2.75, 3.05) is 12.0 Å². The van der Waals surface area contributed by atoms with E-state index in [0.717, 1.165) is 0 Å². The highest BCUT2D eigenvalue weighted by atomic mass is 32.2. The largest absolute Gasteiger partial charge is 0.480 e. The zero-order valence-electron chi connectivity index (χ0n) is 9.11. The van der Waals surface area contributed by atoms with Crippen molar-refractivity contribution in [2.45, 2.75) is 31.8 Å². The number of rotatable bonds is 7. The average molecular weight is 235 g/mol. The van der Waals surface area contributed by atoms with Crippen molar-refractivity contribution in [1.29, 1.82) is 0 Å². The number of hydrogen-bond acceptors (Lipinski definition) is 4. The number of nitrogens with one attached hydrogen (secondary N) is 1. The predicted molar refractivity (Wildman–Crippen MR) is 59.3 cm³/mol. The molecule has 0 saturated carbocycles. The standard InChI is InChI=1S/C9H17NO4S/c1-9(2,8(13)14)10-6(7(11)12)4-5-15-3/h6,10H,4-5H2,1-3H3,(H,11,12)(H,13,14). The van der Waals surface area contributed by atoms with Crippen LogP contribution in [0.15, 0.2) is 0 Å². The predicted octanol–water partition coefficient (Wildman–Crippen LogP) is 0.645. The van der Waals surface area contributed by atoms with Crippen molar-refractivity contribution in [3.8, 4) is 0 Å². The van der Waals surface area contributed by atoms with Gasteiger partial charge in [0.1, 0.15) is 11.6 Å². The van der Waals surface area contributed by atoms with Gasteiger partial charge < -0.3 is 10.2 Å². The first-order chi connectivity index (χ1) is 6.81. The lowest BCUT2D eigenvalue weighted by Gasteiger charge is -2.25. The van der Waals surface area contributed by atoms with E-state index in [1.165, 1.54) is 25.6 Å². The molecule has 0 saturated heterocycles. The fourth-order valence-electron chi connectivity index (χ4n) is 0.990. The summed E-state index contributed by atoms with van der Waals surface area (Å²) < 4.78 is 0. The molecule has 0 fully saturated rings. The van der Waals surface area contributed by atoms with Gasteiger partial charge in [0.05, 0.1) is 0 Å². The minimum atomic E-state index is -1.22. The van der Waals surface area contributed by atoms with E-state index < -0.39 is 23.5 Å². The molecule has 0 aromatic carbocycles. The molecule has 0 aliphatic rings. The number of carbonyl (C=O) groups is 2. The minimum absolute atomic E-state index is 0.410. The molecule has 15 heavy (non-hydrogen) atoms. The molecule has 1 atom stereocenters. The van der Waals surface area contributed by atoms with Gasteiger partial charge in [0.15, 0.2) is 0 Å². The van der Waals surface area contributed by atoms with Crippen molar-refractivity contribution < 1.29 is 19.8 Å². The van der Waals surface area contributed by atoms with Crippen LogP contribution >= 0.6 is 11.8 Å². The topological polar surface area (TPSA) is 86.6 Å². The van der Waals surface area contributed by atoms with E-state index in [0.29, 0.717) is 12.2 Å². The number of carboxylic acid groups (broad SMARTS) is 2. The summed E-state index contributed by atoms with van der Waals surface area (Å²) in [6.45, 7) is 2.90. The Labute approximate surface area is 93.2 Å². The molecule has 0 aliphatic heterocycles. The summed E-state index contributed by atoms with van der Waals surface area (Å²) in [7, 11) is 0. The first kappa shape index (κ1) is 14.2. The Balaban J connectivity index is 4.40. The molecule has 0 aromatic heterocycles. The van der Waals surface area contributed by atoms with Gasteiger partial charge in [0, 0.05) is 0 Å². The second-order valence-electron chi connectivity index (χ2n) is 3.75. The maximum Gasteiger partial charge on any atom is 0.323 e. The Morgan fingerprint density at radius 3 is 2.27 bits per heavy atom. The number of hydrogen-bond donors (Lipinski definition) is 3. The van der Waals surface area contributed by atoms with Crippen LogP contribution in [0.1, 0.15) is 20.3 Å². The zero-order valence-corrected chi connectivity index (χ0v) is 9.93. The van der Waals surface area contributed by atoms with Crippen LogP contribution in [-0.4, -0.2) is 45.7 Å². The summed E-state index contributed by atoms with van der Waals surface area (Å²) in [5, 5.41) is 20.3. The highest BCUT2D eigenvalue weighted by Crippen LogP contribution is 2.08. The van der Waals surface area contributed by atoms with Gasteiger partial charge in [0.2, 0.25) is 0 Å². The fourth-order valence-corrected chi connectivity index (χ4v) is 1.46. The summed E-state index contributed by atoms with van der Waals surface area (Å²) in [4.78, 5) is 21.6. The summed E-state index contributed by atoms with van der Waals surface area (Å²) in [6.07, 6.45) is 2.29. The van der Waals surface area contributed by atoms with E-state index in [2.05, 4.69) is 5.32 Å². The Kier molecular flexibility index (Phi) is 5.67. The molecule has 5 nitrogen and oxygen atoms in total. The highest BCUT2D eigenvalue weighted by Gasteiger charge is 2.32. The lowest BCUT2D eigenvalue weighted by molar-refractivity contribution is -0.146. The molecule has 0 heterocycles. The van der Waals surface area contributed by atoms with E-state index in [4.69, 9.17) is 10.2 Å². The first-order valence-electron chi connectivity index (χ1n) is 4.54. The smallest absolute Gasteiger partial charge is 0.323 e. The van der Waals surface area contributed by atoms with Crippen LogP contribution in [0.4, 0.5) is 0 Å². The second kappa shape index (κ2) is 5.97. The van der Waals surface area contributed by atoms with Gasteiger partial charge in [0.25, 0.3) is 0 Å². The SMILES string of the molecule is CSCCC(NC(C)(C)C(=O)O)C(=O)O. The van der Waals surface area contributed by atoms with Gasteiger partial charge in [-0.25, -0.2) is 0 Å². The molecule has 0 rings (SSSR count). The molecule has 6 heteroatoms. The Morgan fingerprint density at radius 1 is 1.40 bits per heavy atom. The zero-order chi connectivity index (χ0) is 12.1. The van der Waals surface area contributed by atoms with Crippen LogP contribution in [0.25, 0.3) is 0 Å². The lowest BCUT2D eigenvalue weighted by atomic mass is 10.0. The maximum absolute atomic E-state index is 10.8. The molecule has 0 radical (unpaired) electrons. The summed E-state index contributed by atoms with van der Waals surface area (Å²) in [6, 6.07) is -0.816. The minimum Gasteiger partial charge on any atom is -0.480 e. The second-order valence-corrected chi connectivity index (χ2v) is 4.73. The molecular weight excluding hydrogens is 218 g/mol. The van der Waals surface area contributed by atoms with Gasteiger partial charge in [-0.2, -0.15) is 11.8 Å². The van der Waals surface area contributed by atoms with Crippen molar-refractivity contribution in [1.82, 2.24) is 5.32 Å². The monoisotopic (exact) mass is 235 g/mol. The van der Waals surface area contributed by atoms with Crippen LogP contribution in [0.2, 0.25) is 0 Å². The molecular formula is C9H17NO4S. The maximum atomic E-state index is 10.8. The molecule has 0 bridgehead atoms. The Bertz CT molecular complexity index is 242. The van der Waals surface area contributed by atoms with Crippen molar-refractivity contribution >= 4 is 23.7 Å². The van der Waals surface area contributed by atoms with Gasteiger partial charge in [-0.3, -0.25) is 14.9 Å². The molecule has 3 N–H and O–H groups in total. The molecule has 1 unspecified atom stereocenters. The Hall–Kier alpha value is -0.750. The third kappa shape index (κ3) is 5.03. The van der Waals surface area contributed by atoms with E-state index in [9.17, 15) is 9.59 Å². The van der Waals surface area contributed by atoms with Crippen LogP contribution in [0, 0.1) is 0 Å². The third-order valence-electron chi connectivity index (χ3n) is 1.98. The normalized spacial score (nSPS) is 13.5. The van der Waals surface area contributed by atoms with Crippen LogP contribution in [0.3, 0.4) is 0 Å². The van der Waals surface area contributed by atoms with E-state index >= 15 is 0 Å². The third-order valence-corrected chi connectivity index (χ3v) is 2.62. The highest BCUT2D eigenvalue weighted by molar-refractivity contribution is 7.98. The van der Waals surface area contributed by atoms with E-state index in [-0.39, 0.29) is 0 Å². The van der Waals surface area contributed by atoms with E-state index in [1.54, 1.807) is 0 Å². The number of aliphatic carboxylic acids is 2. The van der Waals surface area contributed by atoms with Gasteiger partial charge in [-0.15, -0.1) is 0 Å². The summed E-state index contributed by atoms with van der Waals surface area (Å²) in [5.74, 6) is -1.39. The quantitative estimate of drug-likeness (QED) is 0.600. The molecule has 0 aromatic rings. The fraction of sp³-hybridized carbons (Fsp3) is 0.778. The van der Waals surface area contributed by atoms with Crippen molar-refractivity contribution in [3.05, 3.63) is 0 Å². The van der Waals surface area contributed by atoms with Crippen molar-refractivity contribution in [2.24, 2.45) is 0 Å². The van der Waals surface area contributed by atoms with Crippen LogP contribution < -0.4 is 5.32 Å². The van der Waals surface area contributed by atoms with Crippen LogP contribution in [0.5, 0.6) is 0 Å².